The summed E-state index contributed by atoms with van der Waals surface area (Å²) in [5.74, 6) is 0.998. The van der Waals surface area contributed by atoms with Gasteiger partial charge in [-0.3, -0.25) is 0 Å². The molecule has 1 aliphatic heterocycles. The monoisotopic (exact) mass is 940 g/mol. The second-order valence-corrected chi connectivity index (χ2v) is 20.7. The van der Waals surface area contributed by atoms with Crippen LogP contribution in [0, 0.1) is 0 Å². The van der Waals surface area contributed by atoms with Crippen molar-refractivity contribution in [2.45, 2.75) is 162 Å². The van der Waals surface area contributed by atoms with Crippen LogP contribution in [0.1, 0.15) is 136 Å². The summed E-state index contributed by atoms with van der Waals surface area (Å²) in [5, 5.41) is 8.28. The van der Waals surface area contributed by atoms with Gasteiger partial charge in [-0.25, -0.2) is 19.6 Å². The van der Waals surface area contributed by atoms with Gasteiger partial charge in [0.2, 0.25) is 0 Å². The number of carbonyl (C=O) groups excluding carboxylic acids is 2. The molecule has 334 valence electrons. The highest BCUT2D eigenvalue weighted by atomic mass is 79.9. The third-order valence-electron chi connectivity index (χ3n) is 11.2. The summed E-state index contributed by atoms with van der Waals surface area (Å²) in [7, 11) is -0.369. The van der Waals surface area contributed by atoms with E-state index >= 15 is 0 Å². The predicted molar refractivity (Wildman–Crippen MR) is 255 cm³/mol. The number of carbonyl (C=O) groups is 2. The molecule has 12 nitrogen and oxygen atoms in total. The summed E-state index contributed by atoms with van der Waals surface area (Å²) in [5.41, 5.74) is 14.8. The van der Waals surface area contributed by atoms with Crippen LogP contribution in [0.3, 0.4) is 0 Å². The number of nitrogens with two attached hydrogens (primary N) is 2. The number of anilines is 2. The molecule has 0 atom stereocenters. The van der Waals surface area contributed by atoms with Gasteiger partial charge in [0.25, 0.3) is 0 Å². The zero-order chi connectivity index (χ0) is 43.6. The molecule has 2 amide bonds. The molecule has 7 rings (SSSR count). The number of hydrogen-bond donors (Lipinski definition) is 4. The van der Waals surface area contributed by atoms with Gasteiger partial charge in [-0.2, -0.15) is 0 Å². The number of nitrogens with one attached hydrogen (secondary N) is 2. The number of ether oxygens (including phenoxy) is 2. The molecule has 2 aromatic carbocycles. The van der Waals surface area contributed by atoms with Crippen LogP contribution in [0.4, 0.5) is 21.0 Å². The molecule has 3 aliphatic rings. The van der Waals surface area contributed by atoms with E-state index in [0.29, 0.717) is 17.5 Å². The molecule has 2 saturated carbocycles. The Labute approximate surface area is 379 Å². The first-order chi connectivity index (χ1) is 28.4. The quantitative estimate of drug-likeness (QED) is 0.0984. The van der Waals surface area contributed by atoms with Crippen molar-refractivity contribution in [1.29, 1.82) is 0 Å². The fourth-order valence-corrected chi connectivity index (χ4v) is 9.82. The van der Waals surface area contributed by atoms with Crippen molar-refractivity contribution in [3.05, 3.63) is 74.7 Å². The highest BCUT2D eigenvalue weighted by molar-refractivity contribution is 9.11. The maximum Gasteiger partial charge on any atom is 0.496 e. The Bertz CT molecular complexity index is 1980. The molecule has 61 heavy (non-hydrogen) atoms. The number of hydrogen-bond acceptors (Lipinski definition) is 12. The lowest BCUT2D eigenvalue weighted by Gasteiger charge is -2.32. The smallest absolute Gasteiger partial charge is 0.447 e. The summed E-state index contributed by atoms with van der Waals surface area (Å²) in [6.45, 7) is 15.6. The lowest BCUT2D eigenvalue weighted by atomic mass is 9.78. The minimum absolute atomic E-state index is 0. The van der Waals surface area contributed by atoms with Crippen LogP contribution >= 0.6 is 38.6 Å². The molecule has 0 bridgehead atoms. The average molecular weight is 942 g/mol. The fourth-order valence-electron chi connectivity index (χ4n) is 7.27. The van der Waals surface area contributed by atoms with E-state index in [4.69, 9.17) is 30.2 Å². The number of halogens is 1. The number of amides is 2. The van der Waals surface area contributed by atoms with Crippen molar-refractivity contribution in [1.82, 2.24) is 20.6 Å². The van der Waals surface area contributed by atoms with Crippen LogP contribution in [-0.4, -0.2) is 64.8 Å². The minimum atomic E-state index is -0.369. The lowest BCUT2D eigenvalue weighted by Crippen LogP contribution is -2.41. The molecule has 0 spiro atoms. The summed E-state index contributed by atoms with van der Waals surface area (Å²) >= 11 is 6.89. The summed E-state index contributed by atoms with van der Waals surface area (Å²) in [6, 6.07) is 16.0. The molecular formula is C45H66BBrN6O6S2. The van der Waals surface area contributed by atoms with Crippen LogP contribution in [-0.2, 0) is 18.8 Å². The average Bonchev–Trinajstić information content (AvgIpc) is 3.90. The molecule has 4 aromatic rings. The number of rotatable bonds is 8. The standard InChI is InChI=1S/C19H25N3O2S.C13H19BrN2O2S.C12H18BNO2.CH4/c1-12(2)24-19(23)22-14-9-7-13(8-10-14)18-21-11-17(25-18)15-5-3-4-6-16(15)20;1-8(2)18-13(17)16-10-5-3-9(4-6-10)12-15-7-11(14)19-12;1-11(2)12(3,4)16-13(15-11)9-7-5-6-8-10(9)14;/h3-6,11-14H,7-10,20H2,1-2H3,(H,22,23);7-10H,3-6H2,1-2H3,(H,16,17);5-8H,14H2,1-4H3;1H4. The second kappa shape index (κ2) is 22.6. The van der Waals surface area contributed by atoms with Crippen LogP contribution in [0.2, 0.25) is 0 Å². The van der Waals surface area contributed by atoms with Gasteiger partial charge >= 0.3 is 19.3 Å². The molecule has 6 N–H and O–H groups in total. The second-order valence-electron chi connectivity index (χ2n) is 17.2. The van der Waals surface area contributed by atoms with E-state index in [0.717, 1.165) is 76.7 Å². The van der Waals surface area contributed by atoms with E-state index in [9.17, 15) is 9.59 Å². The third-order valence-corrected chi connectivity index (χ3v) is 14.1. The van der Waals surface area contributed by atoms with Crippen molar-refractivity contribution >= 4 is 74.7 Å². The topological polar surface area (TPSA) is 173 Å². The number of para-hydroxylation sites is 2. The molecule has 0 radical (unpaired) electrons. The molecule has 3 fully saturated rings. The van der Waals surface area contributed by atoms with Crippen LogP contribution < -0.4 is 27.6 Å². The number of nitrogens with zero attached hydrogens (tertiary/aromatic N) is 2. The summed E-state index contributed by atoms with van der Waals surface area (Å²) in [6.07, 6.45) is 11.2. The normalized spacial score (nSPS) is 21.5. The van der Waals surface area contributed by atoms with Gasteiger partial charge in [-0.05, 0) is 135 Å². The summed E-state index contributed by atoms with van der Waals surface area (Å²) < 4.78 is 23.2. The van der Waals surface area contributed by atoms with Crippen molar-refractivity contribution in [3.63, 3.8) is 0 Å². The van der Waals surface area contributed by atoms with E-state index in [1.54, 1.807) is 22.7 Å². The van der Waals surface area contributed by atoms with E-state index in [1.165, 1.54) is 10.0 Å². The number of aromatic nitrogens is 2. The third kappa shape index (κ3) is 14.4. The lowest BCUT2D eigenvalue weighted by molar-refractivity contribution is 0.00578. The molecular weight excluding hydrogens is 875 g/mol. The van der Waals surface area contributed by atoms with Crippen LogP contribution in [0.5, 0.6) is 0 Å². The zero-order valence-electron chi connectivity index (χ0n) is 36.2. The Hall–Kier alpha value is -3.70. The van der Waals surface area contributed by atoms with E-state index in [-0.39, 0.29) is 62.2 Å². The van der Waals surface area contributed by atoms with Gasteiger partial charge in [-0.1, -0.05) is 43.8 Å². The number of benzene rings is 2. The Morgan fingerprint density at radius 3 is 1.61 bits per heavy atom. The van der Waals surface area contributed by atoms with Gasteiger partial charge in [-0.15, -0.1) is 22.7 Å². The predicted octanol–water partition coefficient (Wildman–Crippen LogP) is 10.8. The largest absolute Gasteiger partial charge is 0.496 e. The van der Waals surface area contributed by atoms with Gasteiger partial charge in [0, 0.05) is 52.5 Å². The molecule has 2 aliphatic carbocycles. The van der Waals surface area contributed by atoms with E-state index in [2.05, 4.69) is 36.5 Å². The fraction of sp³-hybridized carbons (Fsp3) is 0.556. The number of nitrogen functional groups attached to an aromatic ring is 2. The first-order valence-electron chi connectivity index (χ1n) is 21.0. The van der Waals surface area contributed by atoms with Crippen LogP contribution in [0.25, 0.3) is 10.4 Å². The van der Waals surface area contributed by atoms with E-state index in [1.807, 2.05) is 116 Å². The van der Waals surface area contributed by atoms with Gasteiger partial charge in [0.05, 0.1) is 48.3 Å². The van der Waals surface area contributed by atoms with Gasteiger partial charge in [0.1, 0.15) is 0 Å². The van der Waals surface area contributed by atoms with E-state index < -0.39 is 0 Å². The molecule has 0 unspecified atom stereocenters. The molecule has 3 heterocycles. The Kier molecular flexibility index (Phi) is 18.5. The minimum Gasteiger partial charge on any atom is -0.447 e. The highest BCUT2D eigenvalue weighted by Crippen LogP contribution is 2.40. The molecule has 16 heteroatoms. The van der Waals surface area contributed by atoms with Crippen molar-refractivity contribution < 1.29 is 28.4 Å². The molecule has 2 aromatic heterocycles. The number of thiazole rings is 2. The molecule has 1 saturated heterocycles. The van der Waals surface area contributed by atoms with Crippen molar-refractivity contribution in [3.8, 4) is 10.4 Å². The zero-order valence-corrected chi connectivity index (χ0v) is 39.4. The van der Waals surface area contributed by atoms with Gasteiger partial charge < -0.3 is 40.9 Å². The maximum absolute atomic E-state index is 11.7. The van der Waals surface area contributed by atoms with Crippen LogP contribution in [0.15, 0.2) is 64.7 Å². The highest BCUT2D eigenvalue weighted by Gasteiger charge is 2.52. The number of alkyl carbamates (subject to hydrolysis) is 2. The Morgan fingerprint density at radius 2 is 1.16 bits per heavy atom. The Balaban J connectivity index is 0.000000205. The van der Waals surface area contributed by atoms with Gasteiger partial charge in [0.15, 0.2) is 0 Å². The SMILES string of the molecule is C.CC(C)OC(=O)NC1CCC(c2ncc(-c3ccccc3N)s2)CC1.CC(C)OC(=O)NC1CCC(c2ncc(Br)s2)CC1.CC1(C)OB(c2ccccc2N)OC1(C)C. The first-order valence-corrected chi connectivity index (χ1v) is 23.4. The van der Waals surface area contributed by atoms with Crippen molar-refractivity contribution in [2.75, 3.05) is 11.5 Å². The first kappa shape index (κ1) is 50.0. The Morgan fingerprint density at radius 1 is 0.721 bits per heavy atom. The van der Waals surface area contributed by atoms with Crippen molar-refractivity contribution in [2.24, 2.45) is 0 Å². The maximum atomic E-state index is 11.7. The summed E-state index contributed by atoms with van der Waals surface area (Å²) in [4.78, 5) is 33.4.